The molecule has 1 amide bonds. The van der Waals surface area contributed by atoms with Crippen molar-refractivity contribution in [2.75, 3.05) is 11.4 Å². The van der Waals surface area contributed by atoms with Crippen molar-refractivity contribution >= 4 is 11.6 Å². The number of ether oxygens (including phenoxy) is 1. The highest BCUT2D eigenvalue weighted by Gasteiger charge is 2.45. The average molecular weight is 303 g/mol. The van der Waals surface area contributed by atoms with Gasteiger partial charge in [0.15, 0.2) is 0 Å². The predicted octanol–water partition coefficient (Wildman–Crippen LogP) is 2.81. The van der Waals surface area contributed by atoms with Crippen LogP contribution in [0.4, 0.5) is 18.9 Å². The summed E-state index contributed by atoms with van der Waals surface area (Å²) in [5, 5.41) is 9.54. The van der Waals surface area contributed by atoms with Gasteiger partial charge in [-0.3, -0.25) is 9.69 Å². The molecule has 2 rings (SSSR count). The summed E-state index contributed by atoms with van der Waals surface area (Å²) in [6.45, 7) is 3.11. The van der Waals surface area contributed by atoms with Crippen LogP contribution in [0.3, 0.4) is 0 Å². The van der Waals surface area contributed by atoms with Crippen molar-refractivity contribution in [3.8, 4) is 5.75 Å². The Morgan fingerprint density at radius 2 is 2.19 bits per heavy atom. The zero-order valence-corrected chi connectivity index (χ0v) is 11.6. The lowest BCUT2D eigenvalue weighted by Gasteiger charge is -2.35. The molecule has 0 saturated carbocycles. The highest BCUT2D eigenvalue weighted by atomic mass is 19.4. The smallest absolute Gasteiger partial charge is 0.471 e. The number of carbonyl (C=O) groups is 1. The Morgan fingerprint density at radius 3 is 2.71 bits per heavy atom. The fraction of sp³-hybridized carbons (Fsp3) is 0.500. The summed E-state index contributed by atoms with van der Waals surface area (Å²) in [5.41, 5.74) is 0.465. The van der Waals surface area contributed by atoms with Gasteiger partial charge in [0.25, 0.3) is 0 Å². The molecule has 1 aromatic rings. The number of anilines is 1. The molecule has 1 aliphatic heterocycles. The van der Waals surface area contributed by atoms with Crippen molar-refractivity contribution in [3.05, 3.63) is 23.8 Å². The van der Waals surface area contributed by atoms with Crippen LogP contribution in [0.5, 0.6) is 5.75 Å². The van der Waals surface area contributed by atoms with Crippen LogP contribution in [0.15, 0.2) is 18.2 Å². The molecule has 1 aliphatic rings. The summed E-state index contributed by atoms with van der Waals surface area (Å²) in [5.74, 6) is -1.71. The minimum absolute atomic E-state index is 0.0421. The number of nitrogens with zero attached hydrogens (tertiary/aromatic N) is 1. The van der Waals surface area contributed by atoms with Crippen LogP contribution in [0.25, 0.3) is 0 Å². The van der Waals surface area contributed by atoms with E-state index >= 15 is 0 Å². The monoisotopic (exact) mass is 303 g/mol. The van der Waals surface area contributed by atoms with E-state index in [1.807, 2.05) is 0 Å². The first kappa shape index (κ1) is 15.6. The first-order chi connectivity index (χ1) is 9.74. The predicted molar refractivity (Wildman–Crippen MR) is 70.2 cm³/mol. The fourth-order valence-electron chi connectivity index (χ4n) is 2.18. The van der Waals surface area contributed by atoms with E-state index < -0.39 is 24.3 Å². The van der Waals surface area contributed by atoms with Crippen LogP contribution in [0.2, 0.25) is 0 Å². The number of alkyl halides is 3. The molecule has 116 valence electrons. The average Bonchev–Trinajstić information content (AvgIpc) is 2.43. The van der Waals surface area contributed by atoms with Gasteiger partial charge in [-0.25, -0.2) is 0 Å². The summed E-state index contributed by atoms with van der Waals surface area (Å²) >= 11 is 0. The molecular formula is C14H16F3NO3. The van der Waals surface area contributed by atoms with Crippen LogP contribution in [-0.4, -0.2) is 29.8 Å². The van der Waals surface area contributed by atoms with E-state index in [2.05, 4.69) is 0 Å². The van der Waals surface area contributed by atoms with Crippen molar-refractivity contribution in [3.63, 3.8) is 0 Å². The minimum atomic E-state index is -4.95. The number of fused-ring (bicyclic) bond motifs is 1. The molecular weight excluding hydrogens is 287 g/mol. The van der Waals surface area contributed by atoms with Gasteiger partial charge in [-0.05, 0) is 31.0 Å². The van der Waals surface area contributed by atoms with Gasteiger partial charge < -0.3 is 9.84 Å². The molecule has 0 fully saturated rings. The van der Waals surface area contributed by atoms with E-state index in [4.69, 9.17) is 4.74 Å². The van der Waals surface area contributed by atoms with Crippen LogP contribution in [0.1, 0.15) is 31.9 Å². The minimum Gasteiger partial charge on any atom is -0.486 e. The maximum atomic E-state index is 12.7. The normalized spacial score (nSPS) is 19.7. The number of amides is 1. The number of aliphatic hydroxyl groups excluding tert-OH is 1. The lowest BCUT2D eigenvalue weighted by Crippen LogP contribution is -2.48. The molecule has 1 heterocycles. The van der Waals surface area contributed by atoms with Gasteiger partial charge in [0.05, 0.1) is 18.3 Å². The Morgan fingerprint density at radius 1 is 1.52 bits per heavy atom. The van der Waals surface area contributed by atoms with Crippen molar-refractivity contribution in [1.82, 2.24) is 0 Å². The van der Waals surface area contributed by atoms with Gasteiger partial charge in [-0.2, -0.15) is 13.2 Å². The highest BCUT2D eigenvalue weighted by molar-refractivity contribution is 5.99. The fourth-order valence-corrected chi connectivity index (χ4v) is 2.18. The van der Waals surface area contributed by atoms with Gasteiger partial charge in [-0.15, -0.1) is 0 Å². The maximum absolute atomic E-state index is 12.7. The van der Waals surface area contributed by atoms with Crippen molar-refractivity contribution in [2.24, 2.45) is 0 Å². The number of benzene rings is 1. The van der Waals surface area contributed by atoms with E-state index in [0.29, 0.717) is 16.9 Å². The van der Waals surface area contributed by atoms with Crippen molar-refractivity contribution < 1.29 is 27.8 Å². The zero-order valence-electron chi connectivity index (χ0n) is 11.6. The topological polar surface area (TPSA) is 49.8 Å². The molecule has 0 bridgehead atoms. The molecule has 2 unspecified atom stereocenters. The molecule has 21 heavy (non-hydrogen) atoms. The van der Waals surface area contributed by atoms with E-state index in [1.165, 1.54) is 19.1 Å². The molecule has 1 N–H and O–H groups in total. The second-order valence-electron chi connectivity index (χ2n) is 4.96. The van der Waals surface area contributed by atoms with E-state index in [0.717, 1.165) is 0 Å². The molecule has 4 nitrogen and oxygen atoms in total. The number of halogens is 3. The van der Waals surface area contributed by atoms with Crippen LogP contribution >= 0.6 is 0 Å². The molecule has 0 aromatic heterocycles. The van der Waals surface area contributed by atoms with Gasteiger partial charge in [0.2, 0.25) is 0 Å². The molecule has 1 aromatic carbocycles. The Bertz CT molecular complexity index is 543. The maximum Gasteiger partial charge on any atom is 0.471 e. The van der Waals surface area contributed by atoms with Crippen molar-refractivity contribution in [2.45, 2.75) is 38.7 Å². The largest absolute Gasteiger partial charge is 0.486 e. The Balaban J connectivity index is 2.47. The molecule has 0 aliphatic carbocycles. The van der Waals surface area contributed by atoms with Gasteiger partial charge >= 0.3 is 12.1 Å². The third-order valence-corrected chi connectivity index (χ3v) is 3.38. The third-order valence-electron chi connectivity index (χ3n) is 3.38. The summed E-state index contributed by atoms with van der Waals surface area (Å²) < 4.78 is 43.8. The summed E-state index contributed by atoms with van der Waals surface area (Å²) in [6, 6.07) is 4.41. The van der Waals surface area contributed by atoms with Gasteiger partial charge in [0.1, 0.15) is 11.9 Å². The first-order valence-corrected chi connectivity index (χ1v) is 6.61. The lowest BCUT2D eigenvalue weighted by molar-refractivity contribution is -0.170. The lowest BCUT2D eigenvalue weighted by atomic mass is 10.1. The van der Waals surface area contributed by atoms with Crippen LogP contribution in [-0.2, 0) is 4.79 Å². The number of rotatable bonds is 2. The molecule has 0 radical (unpaired) electrons. The molecule has 0 spiro atoms. The highest BCUT2D eigenvalue weighted by Crippen LogP contribution is 2.38. The number of aliphatic hydroxyl groups is 1. The summed E-state index contributed by atoms with van der Waals surface area (Å²) in [4.78, 5) is 12.3. The molecule has 7 heteroatoms. The van der Waals surface area contributed by atoms with Gasteiger partial charge in [-0.1, -0.05) is 13.0 Å². The third kappa shape index (κ3) is 3.12. The summed E-state index contributed by atoms with van der Waals surface area (Å²) in [6.07, 6.45) is -5.80. The van der Waals surface area contributed by atoms with E-state index in [9.17, 15) is 23.1 Å². The van der Waals surface area contributed by atoms with E-state index in [-0.39, 0.29) is 18.0 Å². The standard InChI is InChI=1S/C14H16F3NO3/c1-3-10-7-18(13(20)14(15,16)17)11-6-9(8(2)19)4-5-12(11)21-10/h4-6,8,10,19H,3,7H2,1-2H3. The van der Waals surface area contributed by atoms with Gasteiger partial charge in [0, 0.05) is 0 Å². The quantitative estimate of drug-likeness (QED) is 0.914. The SMILES string of the molecule is CCC1CN(C(=O)C(F)(F)F)c2cc(C(C)O)ccc2O1. The zero-order chi connectivity index (χ0) is 15.8. The van der Waals surface area contributed by atoms with Crippen LogP contribution in [0, 0.1) is 0 Å². The number of carbonyl (C=O) groups excluding carboxylic acids is 1. The second kappa shape index (κ2) is 5.55. The molecule has 0 saturated heterocycles. The summed E-state index contributed by atoms with van der Waals surface area (Å²) in [7, 11) is 0. The Labute approximate surface area is 120 Å². The van der Waals surface area contributed by atoms with Crippen molar-refractivity contribution in [1.29, 1.82) is 0 Å². The Hall–Kier alpha value is -1.76. The van der Waals surface area contributed by atoms with E-state index in [1.54, 1.807) is 13.0 Å². The molecule has 2 atom stereocenters. The Kier molecular flexibility index (Phi) is 4.13. The second-order valence-corrected chi connectivity index (χ2v) is 4.96. The number of hydrogen-bond acceptors (Lipinski definition) is 3. The number of hydrogen-bond donors (Lipinski definition) is 1. The van der Waals surface area contributed by atoms with Crippen LogP contribution < -0.4 is 9.64 Å². The first-order valence-electron chi connectivity index (χ1n) is 6.61.